The molecule has 2 atom stereocenters. The van der Waals surface area contributed by atoms with Gasteiger partial charge < -0.3 is 10.2 Å². The topological polar surface area (TPSA) is 79.4 Å². The van der Waals surface area contributed by atoms with E-state index in [9.17, 15) is 13.2 Å². The van der Waals surface area contributed by atoms with Gasteiger partial charge in [-0.05, 0) is 45.4 Å². The summed E-state index contributed by atoms with van der Waals surface area (Å²) in [5.41, 5.74) is 1.82. The quantitative estimate of drug-likeness (QED) is 0.860. The molecule has 2 aromatic rings. The lowest BCUT2D eigenvalue weighted by Gasteiger charge is -2.30. The molecule has 0 aliphatic carbocycles. The first-order chi connectivity index (χ1) is 11.8. The molecule has 25 heavy (non-hydrogen) atoms. The molecule has 1 aromatic heterocycles. The highest BCUT2D eigenvalue weighted by Crippen LogP contribution is 2.25. The number of anilines is 1. The Morgan fingerprint density at radius 3 is 2.88 bits per heavy atom. The van der Waals surface area contributed by atoms with E-state index >= 15 is 0 Å². The van der Waals surface area contributed by atoms with Crippen LogP contribution in [0.15, 0.2) is 18.2 Å². The van der Waals surface area contributed by atoms with E-state index in [0.29, 0.717) is 13.0 Å². The fourth-order valence-electron chi connectivity index (χ4n) is 3.31. The molecule has 1 aliphatic rings. The van der Waals surface area contributed by atoms with Gasteiger partial charge in [0.15, 0.2) is 9.84 Å². The minimum absolute atomic E-state index is 0.0646. The van der Waals surface area contributed by atoms with Crippen LogP contribution in [0.1, 0.15) is 25.3 Å². The fourth-order valence-corrected chi connectivity index (χ4v) is 5.90. The molecule has 1 N–H and O–H groups in total. The van der Waals surface area contributed by atoms with Gasteiger partial charge in [0.2, 0.25) is 5.91 Å². The van der Waals surface area contributed by atoms with Crippen LogP contribution in [-0.4, -0.2) is 54.3 Å². The zero-order valence-electron chi connectivity index (χ0n) is 14.7. The van der Waals surface area contributed by atoms with Gasteiger partial charge in [-0.3, -0.25) is 4.79 Å². The van der Waals surface area contributed by atoms with Crippen LogP contribution in [0.5, 0.6) is 0 Å². The van der Waals surface area contributed by atoms with Gasteiger partial charge in [-0.25, -0.2) is 13.4 Å². The predicted molar refractivity (Wildman–Crippen MR) is 102 cm³/mol. The normalized spacial score (nSPS) is 20.5. The number of aryl methyl sites for hydroxylation is 1. The first kappa shape index (κ1) is 18.1. The third-order valence-corrected chi connectivity index (χ3v) is 7.21. The largest absolute Gasteiger partial charge is 0.374 e. The fraction of sp³-hybridized carbons (Fsp3) is 0.529. The second-order valence-electron chi connectivity index (χ2n) is 6.46. The summed E-state index contributed by atoms with van der Waals surface area (Å²) in [5, 5.41) is 4.25. The molecule has 1 aromatic carbocycles. The first-order valence-electron chi connectivity index (χ1n) is 8.43. The van der Waals surface area contributed by atoms with Crippen molar-refractivity contribution in [3.63, 3.8) is 0 Å². The van der Waals surface area contributed by atoms with Crippen molar-refractivity contribution in [1.82, 2.24) is 9.88 Å². The van der Waals surface area contributed by atoms with E-state index in [4.69, 9.17) is 0 Å². The molecule has 2 unspecified atom stereocenters. The van der Waals surface area contributed by atoms with Crippen molar-refractivity contribution in [3.05, 3.63) is 23.2 Å². The predicted octanol–water partition coefficient (Wildman–Crippen LogP) is 2.44. The third kappa shape index (κ3) is 3.95. The van der Waals surface area contributed by atoms with Gasteiger partial charge in [0.25, 0.3) is 0 Å². The maximum Gasteiger partial charge on any atom is 0.245 e. The summed E-state index contributed by atoms with van der Waals surface area (Å²) in [6.07, 6.45) is 0.529. The van der Waals surface area contributed by atoms with Crippen LogP contribution in [0.2, 0.25) is 0 Å². The van der Waals surface area contributed by atoms with Crippen LogP contribution in [-0.2, 0) is 14.6 Å². The first-order valence-corrected chi connectivity index (χ1v) is 11.1. The average Bonchev–Trinajstić information content (AvgIpc) is 3.08. The van der Waals surface area contributed by atoms with Crippen LogP contribution in [0.3, 0.4) is 0 Å². The number of thiazole rings is 1. The van der Waals surface area contributed by atoms with Gasteiger partial charge >= 0.3 is 0 Å². The average molecular weight is 382 g/mol. The molecule has 0 spiro atoms. The maximum atomic E-state index is 12.8. The summed E-state index contributed by atoms with van der Waals surface area (Å²) >= 11 is 1.62. The number of nitrogens with one attached hydrogen (secondary N) is 1. The molecule has 8 heteroatoms. The molecule has 6 nitrogen and oxygen atoms in total. The smallest absolute Gasteiger partial charge is 0.245 e. The number of rotatable bonds is 5. The van der Waals surface area contributed by atoms with Gasteiger partial charge in [-0.1, -0.05) is 0 Å². The maximum absolute atomic E-state index is 12.8. The monoisotopic (exact) mass is 381 g/mol. The van der Waals surface area contributed by atoms with E-state index in [1.54, 1.807) is 16.2 Å². The second-order valence-corrected chi connectivity index (χ2v) is 9.93. The number of fused-ring (bicyclic) bond motifs is 1. The number of aromatic nitrogens is 1. The molecule has 1 amide bonds. The summed E-state index contributed by atoms with van der Waals surface area (Å²) in [6, 6.07) is 5.23. The summed E-state index contributed by atoms with van der Waals surface area (Å²) in [6.45, 7) is 6.19. The number of likely N-dealkylation sites (N-methyl/N-ethyl adjacent to an activating group) is 1. The SMILES string of the molecule is CCN(C(=O)C(C)Nc1ccc2nc(C)sc2c1)C1CCS(=O)(=O)C1. The van der Waals surface area contributed by atoms with Crippen molar-refractivity contribution in [2.75, 3.05) is 23.4 Å². The van der Waals surface area contributed by atoms with Crippen molar-refractivity contribution in [2.45, 2.75) is 39.3 Å². The van der Waals surface area contributed by atoms with Crippen LogP contribution < -0.4 is 5.32 Å². The van der Waals surface area contributed by atoms with Crippen LogP contribution >= 0.6 is 11.3 Å². The molecule has 0 radical (unpaired) electrons. The Kier molecular flexibility index (Phi) is 5.02. The highest BCUT2D eigenvalue weighted by molar-refractivity contribution is 7.91. The van der Waals surface area contributed by atoms with E-state index in [0.717, 1.165) is 20.9 Å². The lowest BCUT2D eigenvalue weighted by molar-refractivity contribution is -0.133. The molecule has 1 saturated heterocycles. The van der Waals surface area contributed by atoms with E-state index in [2.05, 4.69) is 10.3 Å². The van der Waals surface area contributed by atoms with Gasteiger partial charge in [0.05, 0.1) is 26.7 Å². The molecule has 2 heterocycles. The van der Waals surface area contributed by atoms with Crippen LogP contribution in [0.4, 0.5) is 5.69 Å². The summed E-state index contributed by atoms with van der Waals surface area (Å²) in [7, 11) is -3.01. The van der Waals surface area contributed by atoms with Crippen LogP contribution in [0.25, 0.3) is 10.2 Å². The molecule has 3 rings (SSSR count). The number of benzene rings is 1. The molecule has 0 bridgehead atoms. The number of hydrogen-bond donors (Lipinski definition) is 1. The Labute approximate surface area is 152 Å². The minimum Gasteiger partial charge on any atom is -0.374 e. The van der Waals surface area contributed by atoms with Gasteiger partial charge in [-0.2, -0.15) is 0 Å². The van der Waals surface area contributed by atoms with E-state index in [-0.39, 0.29) is 23.5 Å². The molecule has 0 saturated carbocycles. The van der Waals surface area contributed by atoms with E-state index in [1.165, 1.54) is 0 Å². The Morgan fingerprint density at radius 1 is 1.48 bits per heavy atom. The van der Waals surface area contributed by atoms with Crippen molar-refractivity contribution in [2.24, 2.45) is 0 Å². The van der Waals surface area contributed by atoms with Gasteiger partial charge in [0.1, 0.15) is 6.04 Å². The summed E-state index contributed by atoms with van der Waals surface area (Å²) in [5.74, 6) is 0.181. The number of sulfone groups is 1. The Morgan fingerprint density at radius 2 is 2.24 bits per heavy atom. The highest BCUT2D eigenvalue weighted by atomic mass is 32.2. The zero-order valence-corrected chi connectivity index (χ0v) is 16.3. The van der Waals surface area contributed by atoms with Gasteiger partial charge in [-0.15, -0.1) is 11.3 Å². The van der Waals surface area contributed by atoms with Crippen molar-refractivity contribution in [3.8, 4) is 0 Å². The molecule has 136 valence electrons. The highest BCUT2D eigenvalue weighted by Gasteiger charge is 2.35. The van der Waals surface area contributed by atoms with Crippen LogP contribution in [0, 0.1) is 6.92 Å². The number of carbonyl (C=O) groups excluding carboxylic acids is 1. The standard InChI is InChI=1S/C17H23N3O3S2/c1-4-20(14-7-8-25(22,23)10-14)17(21)11(2)18-13-5-6-15-16(9-13)24-12(3)19-15/h5-6,9,11,14,18H,4,7-8,10H2,1-3H3. The Bertz CT molecular complexity index is 892. The van der Waals surface area contributed by atoms with Crippen molar-refractivity contribution in [1.29, 1.82) is 0 Å². The lowest BCUT2D eigenvalue weighted by Crippen LogP contribution is -2.47. The third-order valence-electron chi connectivity index (χ3n) is 4.52. The zero-order chi connectivity index (χ0) is 18.2. The molecule has 1 fully saturated rings. The minimum atomic E-state index is -3.01. The Balaban J connectivity index is 1.71. The molecular formula is C17H23N3O3S2. The Hall–Kier alpha value is -1.67. The second kappa shape index (κ2) is 6.92. The van der Waals surface area contributed by atoms with Crippen molar-refractivity contribution < 1.29 is 13.2 Å². The number of nitrogens with zero attached hydrogens (tertiary/aromatic N) is 2. The molecular weight excluding hydrogens is 358 g/mol. The summed E-state index contributed by atoms with van der Waals surface area (Å²) in [4.78, 5) is 18.9. The number of carbonyl (C=O) groups is 1. The van der Waals surface area contributed by atoms with Gasteiger partial charge in [0, 0.05) is 18.3 Å². The number of hydrogen-bond acceptors (Lipinski definition) is 6. The van der Waals surface area contributed by atoms with Crippen molar-refractivity contribution >= 4 is 43.0 Å². The number of amides is 1. The van der Waals surface area contributed by atoms with E-state index < -0.39 is 15.9 Å². The molecule has 1 aliphatic heterocycles. The summed E-state index contributed by atoms with van der Waals surface area (Å²) < 4.78 is 24.5. The lowest BCUT2D eigenvalue weighted by atomic mass is 10.1. The van der Waals surface area contributed by atoms with E-state index in [1.807, 2.05) is 39.0 Å².